The van der Waals surface area contributed by atoms with Gasteiger partial charge in [-0.2, -0.15) is 0 Å². The first kappa shape index (κ1) is 11.3. The van der Waals surface area contributed by atoms with Crippen molar-refractivity contribution < 1.29 is 9.47 Å². The SMILES string of the molecule is NCC1(N2CCCOCC2)CCCOC1. The molecule has 2 heterocycles. The molecule has 2 N–H and O–H groups in total. The number of nitrogens with zero attached hydrogens (tertiary/aromatic N) is 1. The molecule has 2 aliphatic heterocycles. The van der Waals surface area contributed by atoms with Crippen LogP contribution >= 0.6 is 0 Å². The van der Waals surface area contributed by atoms with E-state index < -0.39 is 0 Å². The first-order valence-corrected chi connectivity index (χ1v) is 5.98. The summed E-state index contributed by atoms with van der Waals surface area (Å²) in [5, 5.41) is 0. The molecule has 2 rings (SSSR count). The molecule has 0 spiro atoms. The second-order valence-electron chi connectivity index (χ2n) is 4.54. The molecule has 0 aromatic heterocycles. The van der Waals surface area contributed by atoms with Crippen LogP contribution in [0.5, 0.6) is 0 Å². The normalized spacial score (nSPS) is 35.0. The lowest BCUT2D eigenvalue weighted by Gasteiger charge is -2.45. The average Bonchev–Trinajstić information content (AvgIpc) is 2.59. The molecule has 4 nitrogen and oxygen atoms in total. The topological polar surface area (TPSA) is 47.7 Å². The van der Waals surface area contributed by atoms with Crippen LogP contribution < -0.4 is 5.73 Å². The monoisotopic (exact) mass is 214 g/mol. The third-order valence-corrected chi connectivity index (χ3v) is 3.57. The van der Waals surface area contributed by atoms with Gasteiger partial charge in [0.1, 0.15) is 0 Å². The summed E-state index contributed by atoms with van der Waals surface area (Å²) in [6.45, 7) is 6.21. The van der Waals surface area contributed by atoms with Crippen LogP contribution in [0.3, 0.4) is 0 Å². The van der Waals surface area contributed by atoms with Crippen molar-refractivity contribution in [3.05, 3.63) is 0 Å². The molecule has 1 atom stereocenters. The molecule has 0 aromatic carbocycles. The van der Waals surface area contributed by atoms with Crippen LogP contribution in [0.1, 0.15) is 19.3 Å². The van der Waals surface area contributed by atoms with Crippen LogP contribution in [0.15, 0.2) is 0 Å². The summed E-state index contributed by atoms with van der Waals surface area (Å²) in [6.07, 6.45) is 3.42. The molecule has 0 aromatic rings. The highest BCUT2D eigenvalue weighted by Crippen LogP contribution is 2.26. The Hall–Kier alpha value is -0.160. The first-order chi connectivity index (χ1) is 7.37. The third-order valence-electron chi connectivity index (χ3n) is 3.57. The summed E-state index contributed by atoms with van der Waals surface area (Å²) < 4.78 is 11.1. The molecule has 0 bridgehead atoms. The molecule has 88 valence electrons. The van der Waals surface area contributed by atoms with E-state index in [0.717, 1.165) is 52.4 Å². The van der Waals surface area contributed by atoms with Gasteiger partial charge in [0.25, 0.3) is 0 Å². The highest BCUT2D eigenvalue weighted by atomic mass is 16.5. The van der Waals surface area contributed by atoms with Gasteiger partial charge in [-0.15, -0.1) is 0 Å². The molecular formula is C11H22N2O2. The van der Waals surface area contributed by atoms with Gasteiger partial charge in [-0.3, -0.25) is 4.90 Å². The number of ether oxygens (including phenoxy) is 2. The average molecular weight is 214 g/mol. The largest absolute Gasteiger partial charge is 0.380 e. The van der Waals surface area contributed by atoms with Crippen LogP contribution in [0, 0.1) is 0 Å². The number of rotatable bonds is 2. The summed E-state index contributed by atoms with van der Waals surface area (Å²) in [5.74, 6) is 0. The van der Waals surface area contributed by atoms with Crippen molar-refractivity contribution >= 4 is 0 Å². The molecule has 15 heavy (non-hydrogen) atoms. The number of hydrogen-bond acceptors (Lipinski definition) is 4. The molecule has 0 amide bonds. The lowest BCUT2D eigenvalue weighted by atomic mass is 9.90. The summed E-state index contributed by atoms with van der Waals surface area (Å²) in [5.41, 5.74) is 6.05. The van der Waals surface area contributed by atoms with Crippen LogP contribution in [0.2, 0.25) is 0 Å². The second kappa shape index (κ2) is 5.25. The van der Waals surface area contributed by atoms with E-state index >= 15 is 0 Å². The van der Waals surface area contributed by atoms with Crippen LogP contribution in [0.25, 0.3) is 0 Å². The fraction of sp³-hybridized carbons (Fsp3) is 1.00. The zero-order valence-corrected chi connectivity index (χ0v) is 9.41. The fourth-order valence-corrected chi connectivity index (χ4v) is 2.60. The van der Waals surface area contributed by atoms with Gasteiger partial charge >= 0.3 is 0 Å². The smallest absolute Gasteiger partial charge is 0.0662 e. The van der Waals surface area contributed by atoms with Crippen molar-refractivity contribution in [3.8, 4) is 0 Å². The summed E-state index contributed by atoms with van der Waals surface area (Å²) in [4.78, 5) is 2.49. The molecular weight excluding hydrogens is 192 g/mol. The molecule has 0 aliphatic carbocycles. The Bertz CT molecular complexity index is 185. The quantitative estimate of drug-likeness (QED) is 0.714. The van der Waals surface area contributed by atoms with E-state index in [9.17, 15) is 0 Å². The molecule has 0 radical (unpaired) electrons. The Balaban J connectivity index is 2.01. The second-order valence-corrected chi connectivity index (χ2v) is 4.54. The van der Waals surface area contributed by atoms with Gasteiger partial charge in [-0.1, -0.05) is 0 Å². The van der Waals surface area contributed by atoms with Crippen LogP contribution in [-0.4, -0.2) is 56.5 Å². The lowest BCUT2D eigenvalue weighted by Crippen LogP contribution is -2.59. The van der Waals surface area contributed by atoms with Crippen molar-refractivity contribution in [1.82, 2.24) is 4.90 Å². The van der Waals surface area contributed by atoms with E-state index in [1.807, 2.05) is 0 Å². The van der Waals surface area contributed by atoms with Crippen molar-refractivity contribution in [1.29, 1.82) is 0 Å². The standard InChI is InChI=1S/C11H22N2O2/c12-9-11(3-1-6-15-10-11)13-4-2-7-14-8-5-13/h1-10,12H2. The van der Waals surface area contributed by atoms with Gasteiger partial charge in [0.05, 0.1) is 18.8 Å². The van der Waals surface area contributed by atoms with E-state index in [0.29, 0.717) is 6.54 Å². The van der Waals surface area contributed by atoms with Gasteiger partial charge in [0.15, 0.2) is 0 Å². The maximum absolute atomic E-state index is 5.96. The van der Waals surface area contributed by atoms with Gasteiger partial charge in [0, 0.05) is 32.8 Å². The number of hydrogen-bond donors (Lipinski definition) is 1. The van der Waals surface area contributed by atoms with E-state index in [1.165, 1.54) is 6.42 Å². The van der Waals surface area contributed by atoms with E-state index in [2.05, 4.69) is 4.90 Å². The molecule has 4 heteroatoms. The predicted molar refractivity (Wildman–Crippen MR) is 58.8 cm³/mol. The minimum atomic E-state index is 0.0892. The highest BCUT2D eigenvalue weighted by molar-refractivity contribution is 4.94. The first-order valence-electron chi connectivity index (χ1n) is 5.98. The number of nitrogens with two attached hydrogens (primary N) is 1. The summed E-state index contributed by atoms with van der Waals surface area (Å²) in [6, 6.07) is 0. The van der Waals surface area contributed by atoms with E-state index in [1.54, 1.807) is 0 Å². The van der Waals surface area contributed by atoms with Crippen LogP contribution in [0.4, 0.5) is 0 Å². The van der Waals surface area contributed by atoms with Crippen molar-refractivity contribution in [2.24, 2.45) is 5.73 Å². The molecule has 2 fully saturated rings. The Kier molecular flexibility index (Phi) is 3.97. The maximum atomic E-state index is 5.96. The van der Waals surface area contributed by atoms with Crippen molar-refractivity contribution in [2.45, 2.75) is 24.8 Å². The fourth-order valence-electron chi connectivity index (χ4n) is 2.60. The highest BCUT2D eigenvalue weighted by Gasteiger charge is 2.37. The molecule has 2 aliphatic rings. The Morgan fingerprint density at radius 2 is 1.93 bits per heavy atom. The van der Waals surface area contributed by atoms with Gasteiger partial charge in [-0.25, -0.2) is 0 Å². The Morgan fingerprint density at radius 1 is 1.07 bits per heavy atom. The predicted octanol–water partition coefficient (Wildman–Crippen LogP) is 0.217. The maximum Gasteiger partial charge on any atom is 0.0662 e. The van der Waals surface area contributed by atoms with Gasteiger partial charge in [0.2, 0.25) is 0 Å². The summed E-state index contributed by atoms with van der Waals surface area (Å²) in [7, 11) is 0. The van der Waals surface area contributed by atoms with Gasteiger partial charge in [-0.05, 0) is 19.3 Å². The molecule has 0 saturated carbocycles. The van der Waals surface area contributed by atoms with E-state index in [-0.39, 0.29) is 5.54 Å². The zero-order valence-electron chi connectivity index (χ0n) is 9.41. The minimum Gasteiger partial charge on any atom is -0.380 e. The lowest BCUT2D eigenvalue weighted by molar-refractivity contribution is -0.0450. The molecule has 1 unspecified atom stereocenters. The Morgan fingerprint density at radius 3 is 2.67 bits per heavy atom. The molecule has 2 saturated heterocycles. The zero-order chi connectivity index (χ0) is 10.6. The van der Waals surface area contributed by atoms with Gasteiger partial charge < -0.3 is 15.2 Å². The third kappa shape index (κ3) is 2.50. The summed E-state index contributed by atoms with van der Waals surface area (Å²) >= 11 is 0. The van der Waals surface area contributed by atoms with E-state index in [4.69, 9.17) is 15.2 Å². The minimum absolute atomic E-state index is 0.0892. The van der Waals surface area contributed by atoms with Crippen molar-refractivity contribution in [3.63, 3.8) is 0 Å². The van der Waals surface area contributed by atoms with Crippen LogP contribution in [-0.2, 0) is 9.47 Å². The van der Waals surface area contributed by atoms with Crippen molar-refractivity contribution in [2.75, 3.05) is 46.1 Å². The Labute approximate surface area is 91.7 Å².